The molecule has 2 aliphatic heterocycles. The summed E-state index contributed by atoms with van der Waals surface area (Å²) >= 11 is 0. The molecule has 4 bridgehead atoms. The van der Waals surface area contributed by atoms with Gasteiger partial charge < -0.3 is 18.9 Å². The highest BCUT2D eigenvalue weighted by atomic mass is 16.7. The molecule has 0 aromatic carbocycles. The topological polar surface area (TPSA) is 36.9 Å². The zero-order chi connectivity index (χ0) is 18.7. The van der Waals surface area contributed by atoms with Crippen molar-refractivity contribution in [2.75, 3.05) is 26.4 Å². The van der Waals surface area contributed by atoms with Crippen LogP contribution in [-0.2, 0) is 18.9 Å². The van der Waals surface area contributed by atoms with Gasteiger partial charge in [-0.05, 0) is 112 Å². The first-order chi connectivity index (χ1) is 13.6. The molecular weight excluding hydrogens is 352 g/mol. The minimum Gasteiger partial charge on any atom is -0.353 e. The number of hydrogen-bond acceptors (Lipinski definition) is 4. The van der Waals surface area contributed by atoms with Gasteiger partial charge in [0.25, 0.3) is 0 Å². The zero-order valence-electron chi connectivity index (χ0n) is 17.5. The molecule has 4 heteroatoms. The maximum atomic E-state index is 6.01. The van der Waals surface area contributed by atoms with Crippen LogP contribution in [0.4, 0.5) is 0 Å². The summed E-state index contributed by atoms with van der Waals surface area (Å²) in [7, 11) is 0. The summed E-state index contributed by atoms with van der Waals surface area (Å²) in [5.74, 6) is 0. The fourth-order valence-corrected chi connectivity index (χ4v) is 8.15. The van der Waals surface area contributed by atoms with Crippen LogP contribution in [0.5, 0.6) is 0 Å². The molecule has 158 valence electrons. The predicted molar refractivity (Wildman–Crippen MR) is 106 cm³/mol. The van der Waals surface area contributed by atoms with Crippen molar-refractivity contribution in [2.24, 2.45) is 21.7 Å². The molecule has 2 saturated heterocycles. The van der Waals surface area contributed by atoms with Gasteiger partial charge in [0.2, 0.25) is 0 Å². The van der Waals surface area contributed by atoms with Crippen molar-refractivity contribution in [3.63, 3.8) is 0 Å². The van der Waals surface area contributed by atoms with E-state index in [4.69, 9.17) is 18.9 Å². The van der Waals surface area contributed by atoms with E-state index in [1.165, 1.54) is 77.0 Å². The SMILES string of the molecule is C1CCC(OCCC23CC(C45CC(CCOC6CCCCO6)(C4)C5)(C2)C3)OC1. The van der Waals surface area contributed by atoms with Gasteiger partial charge in [0, 0.05) is 13.2 Å². The molecule has 0 aromatic heterocycles. The molecule has 0 amide bonds. The largest absolute Gasteiger partial charge is 0.353 e. The van der Waals surface area contributed by atoms with Gasteiger partial charge in [-0.15, -0.1) is 0 Å². The fraction of sp³-hybridized carbons (Fsp3) is 1.00. The van der Waals surface area contributed by atoms with Gasteiger partial charge in [0.05, 0.1) is 13.2 Å². The molecule has 8 fully saturated rings. The first-order valence-electron chi connectivity index (χ1n) is 12.1. The van der Waals surface area contributed by atoms with Gasteiger partial charge in [-0.3, -0.25) is 0 Å². The molecule has 2 atom stereocenters. The molecule has 2 unspecified atom stereocenters. The van der Waals surface area contributed by atoms with Crippen LogP contribution in [0.3, 0.4) is 0 Å². The number of ether oxygens (including phenoxy) is 4. The molecule has 28 heavy (non-hydrogen) atoms. The molecule has 0 radical (unpaired) electrons. The lowest BCUT2D eigenvalue weighted by Gasteiger charge is -2.88. The Morgan fingerprint density at radius 3 is 1.39 bits per heavy atom. The lowest BCUT2D eigenvalue weighted by atomic mass is 9.16. The maximum Gasteiger partial charge on any atom is 0.157 e. The highest BCUT2D eigenvalue weighted by Gasteiger charge is 2.83. The Morgan fingerprint density at radius 1 is 0.607 bits per heavy atom. The van der Waals surface area contributed by atoms with Crippen LogP contribution in [0.25, 0.3) is 0 Å². The molecule has 6 saturated carbocycles. The average Bonchev–Trinajstić information content (AvgIpc) is 2.60. The van der Waals surface area contributed by atoms with E-state index in [2.05, 4.69) is 0 Å². The summed E-state index contributed by atoms with van der Waals surface area (Å²) in [6.07, 6.45) is 18.8. The average molecular weight is 391 g/mol. The van der Waals surface area contributed by atoms with E-state index in [-0.39, 0.29) is 12.6 Å². The van der Waals surface area contributed by atoms with Crippen LogP contribution in [0, 0.1) is 21.7 Å². The minimum atomic E-state index is 0.0914. The minimum absolute atomic E-state index is 0.0914. The highest BCUT2D eigenvalue weighted by molar-refractivity contribution is 5.32. The third kappa shape index (κ3) is 2.85. The number of rotatable bonds is 9. The molecule has 4 nitrogen and oxygen atoms in total. The van der Waals surface area contributed by atoms with Gasteiger partial charge >= 0.3 is 0 Å². The van der Waals surface area contributed by atoms with Gasteiger partial charge in [-0.25, -0.2) is 0 Å². The van der Waals surface area contributed by atoms with Crippen molar-refractivity contribution >= 4 is 0 Å². The normalized spacial score (nSPS) is 51.4. The predicted octanol–water partition coefficient (Wildman–Crippen LogP) is 5.19. The van der Waals surface area contributed by atoms with Crippen molar-refractivity contribution < 1.29 is 18.9 Å². The van der Waals surface area contributed by atoms with E-state index in [0.29, 0.717) is 10.8 Å². The highest BCUT2D eigenvalue weighted by Crippen LogP contribution is 2.92. The molecular formula is C24H38O4. The Bertz CT molecular complexity index is 498. The Kier molecular flexibility index (Phi) is 4.43. The first-order valence-corrected chi connectivity index (χ1v) is 12.1. The van der Waals surface area contributed by atoms with Gasteiger partial charge in [0.1, 0.15) is 0 Å². The second kappa shape index (κ2) is 6.67. The summed E-state index contributed by atoms with van der Waals surface area (Å²) in [4.78, 5) is 0. The summed E-state index contributed by atoms with van der Waals surface area (Å²) in [5, 5.41) is 0. The second-order valence-electron chi connectivity index (χ2n) is 11.5. The number of hydrogen-bond donors (Lipinski definition) is 0. The van der Waals surface area contributed by atoms with E-state index in [1.807, 2.05) is 0 Å². The van der Waals surface area contributed by atoms with E-state index in [9.17, 15) is 0 Å². The van der Waals surface area contributed by atoms with Crippen LogP contribution in [0.15, 0.2) is 0 Å². The van der Waals surface area contributed by atoms with Gasteiger partial charge in [-0.2, -0.15) is 0 Å². The zero-order valence-corrected chi connectivity index (χ0v) is 17.5. The van der Waals surface area contributed by atoms with Gasteiger partial charge in [-0.1, -0.05) is 0 Å². The van der Waals surface area contributed by atoms with Crippen molar-refractivity contribution in [3.05, 3.63) is 0 Å². The lowest BCUT2D eigenvalue weighted by Crippen LogP contribution is -2.79. The van der Waals surface area contributed by atoms with Crippen LogP contribution in [0.1, 0.15) is 89.9 Å². The summed E-state index contributed by atoms with van der Waals surface area (Å²) in [5.41, 5.74) is 2.78. The third-order valence-electron chi connectivity index (χ3n) is 9.55. The Morgan fingerprint density at radius 2 is 1.04 bits per heavy atom. The summed E-state index contributed by atoms with van der Waals surface area (Å²) in [6, 6.07) is 0. The maximum absolute atomic E-state index is 6.01. The Hall–Kier alpha value is -0.160. The van der Waals surface area contributed by atoms with Crippen LogP contribution in [-0.4, -0.2) is 39.0 Å². The smallest absolute Gasteiger partial charge is 0.157 e. The van der Waals surface area contributed by atoms with E-state index < -0.39 is 0 Å². The molecule has 8 aliphatic rings. The quantitative estimate of drug-likeness (QED) is 0.543. The Balaban J connectivity index is 0.895. The Labute approximate surface area is 170 Å². The molecule has 0 spiro atoms. The summed E-state index contributed by atoms with van der Waals surface area (Å²) < 4.78 is 23.4. The molecule has 0 aromatic rings. The lowest BCUT2D eigenvalue weighted by molar-refractivity contribution is -0.388. The fourth-order valence-electron chi connectivity index (χ4n) is 8.15. The molecule has 0 N–H and O–H groups in total. The van der Waals surface area contributed by atoms with E-state index >= 15 is 0 Å². The van der Waals surface area contributed by atoms with Crippen LogP contribution in [0.2, 0.25) is 0 Å². The van der Waals surface area contributed by atoms with Crippen LogP contribution < -0.4 is 0 Å². The third-order valence-corrected chi connectivity index (χ3v) is 9.55. The van der Waals surface area contributed by atoms with E-state index in [1.54, 1.807) is 0 Å². The summed E-state index contributed by atoms with van der Waals surface area (Å²) in [6.45, 7) is 3.61. The van der Waals surface area contributed by atoms with Crippen molar-refractivity contribution in [2.45, 2.75) is 102 Å². The van der Waals surface area contributed by atoms with Gasteiger partial charge in [0.15, 0.2) is 12.6 Å². The second-order valence-corrected chi connectivity index (χ2v) is 11.5. The first kappa shape index (κ1) is 18.6. The van der Waals surface area contributed by atoms with Crippen LogP contribution >= 0.6 is 0 Å². The van der Waals surface area contributed by atoms with Crippen molar-refractivity contribution in [1.82, 2.24) is 0 Å². The standard InChI is InChI=1S/C24H38O4/c1-3-9-25-19(5-1)27-11-7-21-13-23(14-21,15-21)24-16-22(17-24,18-24)8-12-28-20-6-2-4-10-26-20/h19-20H,1-18H2. The molecule has 8 rings (SSSR count). The van der Waals surface area contributed by atoms with E-state index in [0.717, 1.165) is 50.1 Å². The van der Waals surface area contributed by atoms with Crippen molar-refractivity contribution in [1.29, 1.82) is 0 Å². The monoisotopic (exact) mass is 390 g/mol. The molecule has 2 heterocycles. The van der Waals surface area contributed by atoms with Crippen molar-refractivity contribution in [3.8, 4) is 0 Å². The molecule has 6 aliphatic carbocycles.